The lowest BCUT2D eigenvalue weighted by Crippen LogP contribution is -2.14. The van der Waals surface area contributed by atoms with Crippen molar-refractivity contribution in [1.82, 2.24) is 0 Å². The zero-order chi connectivity index (χ0) is 21.8. The van der Waals surface area contributed by atoms with E-state index in [4.69, 9.17) is 0 Å². The van der Waals surface area contributed by atoms with Crippen molar-refractivity contribution >= 4 is 23.1 Å². The van der Waals surface area contributed by atoms with E-state index in [2.05, 4.69) is 42.3 Å². The first-order valence-corrected chi connectivity index (χ1v) is 11.3. The maximum atomic E-state index is 14.2. The lowest BCUT2D eigenvalue weighted by Gasteiger charge is -2.25. The van der Waals surface area contributed by atoms with Gasteiger partial charge in [-0.05, 0) is 82.9 Å². The smallest absolute Gasteiger partial charge is 0.153 e. The zero-order valence-corrected chi connectivity index (χ0v) is 18.4. The van der Waals surface area contributed by atoms with Gasteiger partial charge in [0.05, 0.1) is 5.16 Å². The fourth-order valence-corrected chi connectivity index (χ4v) is 4.58. The van der Waals surface area contributed by atoms with Gasteiger partial charge in [0.2, 0.25) is 0 Å². The number of isothiocyanates is 1. The second-order valence-corrected chi connectivity index (χ2v) is 8.49. The number of aryl methyl sites for hydroxylation is 1. The molecule has 3 aromatic rings. The topological polar surface area (TPSA) is 12.4 Å². The van der Waals surface area contributed by atoms with E-state index in [9.17, 15) is 8.78 Å². The van der Waals surface area contributed by atoms with Crippen molar-refractivity contribution in [3.8, 4) is 22.3 Å². The van der Waals surface area contributed by atoms with Crippen molar-refractivity contribution in [2.45, 2.75) is 45.4 Å². The molecule has 1 atom stereocenters. The van der Waals surface area contributed by atoms with Crippen LogP contribution in [0, 0.1) is 17.6 Å². The van der Waals surface area contributed by atoms with E-state index in [0.717, 1.165) is 23.5 Å². The van der Waals surface area contributed by atoms with Gasteiger partial charge in [-0.1, -0.05) is 68.7 Å². The summed E-state index contributed by atoms with van der Waals surface area (Å²) in [6.07, 6.45) is 7.53. The minimum atomic E-state index is -0.747. The van der Waals surface area contributed by atoms with E-state index >= 15 is 0 Å². The molecule has 4 heteroatoms. The summed E-state index contributed by atoms with van der Waals surface area (Å²) in [5, 5.41) is 2.01. The number of hydrogen-bond donors (Lipinski definition) is 0. The minimum Gasteiger partial charge on any atom is -0.204 e. The lowest BCUT2D eigenvalue weighted by molar-refractivity contribution is 0.413. The number of fused-ring (bicyclic) bond motifs is 1. The number of rotatable bonds is 6. The van der Waals surface area contributed by atoms with Gasteiger partial charge in [-0.2, -0.15) is 4.99 Å². The summed E-state index contributed by atoms with van der Waals surface area (Å²) in [5.41, 5.74) is 6.03. The van der Waals surface area contributed by atoms with Crippen molar-refractivity contribution in [2.24, 2.45) is 10.9 Å². The van der Waals surface area contributed by atoms with Gasteiger partial charge in [-0.25, -0.2) is 8.78 Å². The van der Waals surface area contributed by atoms with Crippen LogP contribution in [-0.4, -0.2) is 5.16 Å². The molecule has 0 N–H and O–H groups in total. The molecule has 1 unspecified atom stereocenters. The van der Waals surface area contributed by atoms with Crippen LogP contribution in [0.3, 0.4) is 0 Å². The summed E-state index contributed by atoms with van der Waals surface area (Å²) in [6, 6.07) is 17.1. The normalized spacial score (nSPS) is 15.3. The minimum absolute atomic E-state index is 0.402. The maximum Gasteiger partial charge on any atom is 0.153 e. The molecule has 31 heavy (non-hydrogen) atoms. The largest absolute Gasteiger partial charge is 0.204 e. The summed E-state index contributed by atoms with van der Waals surface area (Å²) in [5.74, 6) is -0.675. The van der Waals surface area contributed by atoms with Crippen molar-refractivity contribution in [3.05, 3.63) is 77.4 Å². The Morgan fingerprint density at radius 1 is 0.903 bits per heavy atom. The van der Waals surface area contributed by atoms with Crippen LogP contribution < -0.4 is 0 Å². The van der Waals surface area contributed by atoms with E-state index < -0.39 is 17.3 Å². The van der Waals surface area contributed by atoms with Gasteiger partial charge < -0.3 is 0 Å². The summed E-state index contributed by atoms with van der Waals surface area (Å²) in [6.45, 7) is 2.26. The average Bonchev–Trinajstić information content (AvgIpc) is 2.79. The highest BCUT2D eigenvalue weighted by Crippen LogP contribution is 2.34. The third-order valence-electron chi connectivity index (χ3n) is 6.23. The Labute approximate surface area is 187 Å². The van der Waals surface area contributed by atoms with Crippen molar-refractivity contribution in [2.75, 3.05) is 0 Å². The summed E-state index contributed by atoms with van der Waals surface area (Å²) < 4.78 is 28.3. The number of hydrogen-bond acceptors (Lipinski definition) is 2. The predicted molar refractivity (Wildman–Crippen MR) is 127 cm³/mol. The Bertz CT molecular complexity index is 1110. The van der Waals surface area contributed by atoms with Gasteiger partial charge >= 0.3 is 0 Å². The molecular weight excluding hydrogens is 408 g/mol. The molecule has 0 radical (unpaired) electrons. The van der Waals surface area contributed by atoms with Gasteiger partial charge in [-0.3, -0.25) is 0 Å². The zero-order valence-electron chi connectivity index (χ0n) is 17.6. The first-order chi connectivity index (χ1) is 15.1. The van der Waals surface area contributed by atoms with Crippen molar-refractivity contribution < 1.29 is 8.78 Å². The van der Waals surface area contributed by atoms with E-state index in [1.165, 1.54) is 60.9 Å². The van der Waals surface area contributed by atoms with Crippen molar-refractivity contribution in [1.29, 1.82) is 0 Å². The molecule has 3 aromatic carbocycles. The van der Waals surface area contributed by atoms with Crippen molar-refractivity contribution in [3.63, 3.8) is 0 Å². The molecular formula is C27H25F2NS. The molecule has 0 amide bonds. The van der Waals surface area contributed by atoms with Crippen LogP contribution >= 0.6 is 12.2 Å². The molecule has 0 bridgehead atoms. The highest BCUT2D eigenvalue weighted by molar-refractivity contribution is 7.78. The quantitative estimate of drug-likeness (QED) is 0.281. The molecule has 4 rings (SSSR count). The number of benzene rings is 3. The first kappa shape index (κ1) is 21.5. The molecule has 0 spiro atoms. The van der Waals surface area contributed by atoms with E-state index in [0.29, 0.717) is 5.56 Å². The Balaban J connectivity index is 1.55. The molecule has 0 fully saturated rings. The van der Waals surface area contributed by atoms with Gasteiger partial charge in [0.15, 0.2) is 11.6 Å². The number of thiocarbonyl (C=S) groups is 1. The SMILES string of the molecule is CCCCC1CCc2cc(-c3ccc(-c4cc(F)c(N=C=S)c(F)c4)cc3)ccc2C1. The second kappa shape index (κ2) is 9.64. The molecule has 0 aromatic heterocycles. The van der Waals surface area contributed by atoms with Crippen LogP contribution in [0.2, 0.25) is 0 Å². The van der Waals surface area contributed by atoms with Gasteiger partial charge in [-0.15, -0.1) is 0 Å². The van der Waals surface area contributed by atoms with Crippen LogP contribution in [0.5, 0.6) is 0 Å². The van der Waals surface area contributed by atoms with Gasteiger partial charge in [0.1, 0.15) is 5.69 Å². The second-order valence-electron chi connectivity index (χ2n) is 8.30. The standard InChI is InChI=1S/C27H25F2NS/c1-2-3-4-18-5-6-23-14-22(12-11-21(23)13-18)19-7-9-20(10-8-19)24-15-25(28)27(30-17-31)26(29)16-24/h7-12,14-16,18H,2-6,13H2,1H3. The number of halogens is 2. The summed E-state index contributed by atoms with van der Waals surface area (Å²) in [4.78, 5) is 3.46. The Morgan fingerprint density at radius 2 is 1.55 bits per heavy atom. The van der Waals surface area contributed by atoms with Crippen LogP contribution in [0.25, 0.3) is 22.3 Å². The van der Waals surface area contributed by atoms with Crippen LogP contribution in [0.15, 0.2) is 59.6 Å². The molecule has 0 aliphatic heterocycles. The van der Waals surface area contributed by atoms with E-state index in [1.807, 2.05) is 29.4 Å². The number of aliphatic imine (C=N–C) groups is 1. The monoisotopic (exact) mass is 433 g/mol. The van der Waals surface area contributed by atoms with Gasteiger partial charge in [0, 0.05) is 0 Å². The van der Waals surface area contributed by atoms with E-state index in [-0.39, 0.29) is 0 Å². The molecule has 1 aliphatic carbocycles. The molecule has 158 valence electrons. The van der Waals surface area contributed by atoms with E-state index in [1.54, 1.807) is 0 Å². The lowest BCUT2D eigenvalue weighted by atomic mass is 9.80. The molecule has 1 aliphatic rings. The Hall–Kier alpha value is -2.68. The molecule has 1 nitrogen and oxygen atoms in total. The third kappa shape index (κ3) is 4.81. The molecule has 0 heterocycles. The average molecular weight is 434 g/mol. The number of unbranched alkanes of at least 4 members (excludes halogenated alkanes) is 1. The molecule has 0 saturated heterocycles. The number of nitrogens with zero attached hydrogens (tertiary/aromatic N) is 1. The van der Waals surface area contributed by atoms with Crippen LogP contribution in [-0.2, 0) is 12.8 Å². The first-order valence-electron chi connectivity index (χ1n) is 10.9. The summed E-state index contributed by atoms with van der Waals surface area (Å²) in [7, 11) is 0. The predicted octanol–water partition coefficient (Wildman–Crippen LogP) is 8.33. The Morgan fingerprint density at radius 3 is 2.19 bits per heavy atom. The van der Waals surface area contributed by atoms with Crippen LogP contribution in [0.4, 0.5) is 14.5 Å². The fraction of sp³-hybridized carbons (Fsp3) is 0.296. The summed E-state index contributed by atoms with van der Waals surface area (Å²) >= 11 is 4.45. The molecule has 0 saturated carbocycles. The van der Waals surface area contributed by atoms with Crippen LogP contribution in [0.1, 0.15) is 43.7 Å². The van der Waals surface area contributed by atoms with Gasteiger partial charge in [0.25, 0.3) is 0 Å². The fourth-order valence-electron chi connectivity index (χ4n) is 4.49. The third-order valence-corrected chi connectivity index (χ3v) is 6.32. The Kier molecular flexibility index (Phi) is 6.70. The highest BCUT2D eigenvalue weighted by atomic mass is 32.1. The highest BCUT2D eigenvalue weighted by Gasteiger charge is 2.18. The maximum absolute atomic E-state index is 14.2.